The van der Waals surface area contributed by atoms with Crippen LogP contribution in [-0.2, 0) is 0 Å². The van der Waals surface area contributed by atoms with Gasteiger partial charge in [0.15, 0.2) is 0 Å². The van der Waals surface area contributed by atoms with Gasteiger partial charge in [-0.15, -0.1) is 0 Å². The van der Waals surface area contributed by atoms with Crippen molar-refractivity contribution in [3.63, 3.8) is 0 Å². The summed E-state index contributed by atoms with van der Waals surface area (Å²) in [6.45, 7) is 1.93. The quantitative estimate of drug-likeness (QED) is 0.844. The number of hydrogen-bond acceptors (Lipinski definition) is 4. The van der Waals surface area contributed by atoms with Crippen molar-refractivity contribution in [3.05, 3.63) is 39.3 Å². The molecule has 0 saturated carbocycles. The van der Waals surface area contributed by atoms with E-state index in [9.17, 15) is 0 Å². The zero-order chi connectivity index (χ0) is 11.5. The molecule has 0 aliphatic heterocycles. The molecule has 0 aliphatic carbocycles. The highest BCUT2D eigenvalue weighted by Gasteiger charge is 2.06. The second kappa shape index (κ2) is 4.64. The van der Waals surface area contributed by atoms with Crippen LogP contribution < -0.4 is 4.74 Å². The summed E-state index contributed by atoms with van der Waals surface area (Å²) in [6, 6.07) is 7.41. The van der Waals surface area contributed by atoms with Crippen molar-refractivity contribution in [3.8, 4) is 17.0 Å². The minimum Gasteiger partial charge on any atom is -0.431 e. The number of benzene rings is 1. The summed E-state index contributed by atoms with van der Waals surface area (Å²) in [6.07, 6.45) is 0. The Labute approximate surface area is 105 Å². The summed E-state index contributed by atoms with van der Waals surface area (Å²) in [5.41, 5.74) is 1.56. The lowest BCUT2D eigenvalue weighted by Crippen LogP contribution is -1.88. The standard InChI is InChI=1S/C11H7BrN2OS/c1-7-2-3-8(5-13)4-9(7)15-11-14-10(12)6-16-11/h2-4,6H,1H3. The molecule has 0 N–H and O–H groups in total. The molecule has 0 amide bonds. The van der Waals surface area contributed by atoms with Crippen molar-refractivity contribution in [1.29, 1.82) is 5.26 Å². The van der Waals surface area contributed by atoms with Crippen LogP contribution in [-0.4, -0.2) is 4.98 Å². The minimum absolute atomic E-state index is 0.560. The number of ether oxygens (including phenoxy) is 1. The number of hydrogen-bond donors (Lipinski definition) is 0. The third kappa shape index (κ3) is 2.40. The van der Waals surface area contributed by atoms with Gasteiger partial charge in [0.2, 0.25) is 0 Å². The fraction of sp³-hybridized carbons (Fsp3) is 0.0909. The van der Waals surface area contributed by atoms with E-state index in [1.165, 1.54) is 11.3 Å². The summed E-state index contributed by atoms with van der Waals surface area (Å²) in [5, 5.41) is 11.2. The molecule has 1 heterocycles. The first-order valence-corrected chi connectivity index (χ1v) is 6.16. The molecule has 0 unspecified atom stereocenters. The van der Waals surface area contributed by atoms with Gasteiger partial charge in [-0.25, -0.2) is 0 Å². The van der Waals surface area contributed by atoms with Crippen molar-refractivity contribution in [2.45, 2.75) is 6.92 Å². The average Bonchev–Trinajstić information content (AvgIpc) is 2.67. The van der Waals surface area contributed by atoms with Crippen molar-refractivity contribution in [2.24, 2.45) is 0 Å². The highest BCUT2D eigenvalue weighted by Crippen LogP contribution is 2.29. The Bertz CT molecular complexity index is 559. The maximum absolute atomic E-state index is 8.80. The molecule has 1 aromatic carbocycles. The lowest BCUT2D eigenvalue weighted by atomic mass is 10.1. The van der Waals surface area contributed by atoms with E-state index in [0.29, 0.717) is 16.5 Å². The molecule has 0 saturated heterocycles. The van der Waals surface area contributed by atoms with Crippen LogP contribution in [0.25, 0.3) is 0 Å². The average molecular weight is 295 g/mol. The molecule has 0 radical (unpaired) electrons. The molecular formula is C11H7BrN2OS. The molecule has 16 heavy (non-hydrogen) atoms. The van der Waals surface area contributed by atoms with Crippen LogP contribution >= 0.6 is 27.3 Å². The molecule has 2 aromatic rings. The summed E-state index contributed by atoms with van der Waals surface area (Å²) in [5.74, 6) is 0.668. The van der Waals surface area contributed by atoms with Gasteiger partial charge in [0, 0.05) is 5.38 Å². The number of rotatable bonds is 2. The highest BCUT2D eigenvalue weighted by atomic mass is 79.9. The maximum Gasteiger partial charge on any atom is 0.279 e. The molecule has 0 fully saturated rings. The van der Waals surface area contributed by atoms with E-state index < -0.39 is 0 Å². The van der Waals surface area contributed by atoms with Crippen LogP contribution in [0.5, 0.6) is 10.9 Å². The molecule has 0 aliphatic rings. The summed E-state index contributed by atoms with van der Waals surface area (Å²) >= 11 is 4.66. The zero-order valence-electron chi connectivity index (χ0n) is 8.40. The normalized spacial score (nSPS) is 9.81. The first kappa shape index (κ1) is 11.1. The Hall–Kier alpha value is -1.38. The number of aryl methyl sites for hydroxylation is 1. The van der Waals surface area contributed by atoms with Gasteiger partial charge in [0.05, 0.1) is 11.6 Å². The van der Waals surface area contributed by atoms with E-state index in [0.717, 1.165) is 10.2 Å². The van der Waals surface area contributed by atoms with Gasteiger partial charge >= 0.3 is 0 Å². The van der Waals surface area contributed by atoms with Gasteiger partial charge < -0.3 is 4.74 Å². The molecule has 2 rings (SSSR count). The molecule has 0 spiro atoms. The minimum atomic E-state index is 0.560. The molecule has 80 valence electrons. The fourth-order valence-corrected chi connectivity index (χ4v) is 2.26. The Balaban J connectivity index is 2.30. The molecule has 1 aromatic heterocycles. The highest BCUT2D eigenvalue weighted by molar-refractivity contribution is 9.10. The predicted molar refractivity (Wildman–Crippen MR) is 65.8 cm³/mol. The van der Waals surface area contributed by atoms with Gasteiger partial charge in [0.25, 0.3) is 5.19 Å². The van der Waals surface area contributed by atoms with E-state index in [-0.39, 0.29) is 0 Å². The second-order valence-electron chi connectivity index (χ2n) is 3.13. The lowest BCUT2D eigenvalue weighted by Gasteiger charge is -2.05. The van der Waals surface area contributed by atoms with Crippen LogP contribution in [0, 0.1) is 18.3 Å². The van der Waals surface area contributed by atoms with E-state index in [1.54, 1.807) is 12.1 Å². The van der Waals surface area contributed by atoms with Crippen LogP contribution in [0.15, 0.2) is 28.2 Å². The second-order valence-corrected chi connectivity index (χ2v) is 4.76. The number of nitrogens with zero attached hydrogens (tertiary/aromatic N) is 2. The largest absolute Gasteiger partial charge is 0.431 e. The van der Waals surface area contributed by atoms with Crippen molar-refractivity contribution in [2.75, 3.05) is 0 Å². The Morgan fingerprint density at radius 1 is 1.50 bits per heavy atom. The Morgan fingerprint density at radius 2 is 2.31 bits per heavy atom. The zero-order valence-corrected chi connectivity index (χ0v) is 10.8. The van der Waals surface area contributed by atoms with Crippen LogP contribution in [0.2, 0.25) is 0 Å². The topological polar surface area (TPSA) is 45.9 Å². The number of thiazole rings is 1. The summed E-state index contributed by atoms with van der Waals surface area (Å²) in [7, 11) is 0. The number of aromatic nitrogens is 1. The van der Waals surface area contributed by atoms with Gasteiger partial charge in [-0.05, 0) is 40.5 Å². The Morgan fingerprint density at radius 3 is 2.94 bits per heavy atom. The van der Waals surface area contributed by atoms with Crippen molar-refractivity contribution >= 4 is 27.3 Å². The monoisotopic (exact) mass is 294 g/mol. The molecule has 5 heteroatoms. The summed E-state index contributed by atoms with van der Waals surface area (Å²) in [4.78, 5) is 4.13. The van der Waals surface area contributed by atoms with Gasteiger partial charge in [0.1, 0.15) is 10.4 Å². The lowest BCUT2D eigenvalue weighted by molar-refractivity contribution is 0.474. The van der Waals surface area contributed by atoms with Gasteiger partial charge in [-0.3, -0.25) is 0 Å². The first-order chi connectivity index (χ1) is 7.69. The molecule has 0 atom stereocenters. The number of nitriles is 1. The number of halogens is 1. The van der Waals surface area contributed by atoms with Crippen molar-refractivity contribution in [1.82, 2.24) is 4.98 Å². The van der Waals surface area contributed by atoms with Crippen LogP contribution in [0.3, 0.4) is 0 Å². The van der Waals surface area contributed by atoms with Crippen LogP contribution in [0.1, 0.15) is 11.1 Å². The van der Waals surface area contributed by atoms with Gasteiger partial charge in [-0.2, -0.15) is 10.2 Å². The van der Waals surface area contributed by atoms with Crippen molar-refractivity contribution < 1.29 is 4.74 Å². The predicted octanol–water partition coefficient (Wildman–Crippen LogP) is 3.88. The van der Waals surface area contributed by atoms with E-state index in [4.69, 9.17) is 10.00 Å². The fourth-order valence-electron chi connectivity index (χ4n) is 1.16. The van der Waals surface area contributed by atoms with E-state index >= 15 is 0 Å². The van der Waals surface area contributed by atoms with Crippen LogP contribution in [0.4, 0.5) is 0 Å². The van der Waals surface area contributed by atoms with E-state index in [1.807, 2.05) is 18.4 Å². The smallest absolute Gasteiger partial charge is 0.279 e. The molecule has 3 nitrogen and oxygen atoms in total. The SMILES string of the molecule is Cc1ccc(C#N)cc1Oc1nc(Br)cs1. The molecule has 0 bridgehead atoms. The van der Waals surface area contributed by atoms with Gasteiger partial charge in [-0.1, -0.05) is 17.4 Å². The maximum atomic E-state index is 8.80. The van der Waals surface area contributed by atoms with E-state index in [2.05, 4.69) is 27.0 Å². The third-order valence-corrected chi connectivity index (χ3v) is 3.40. The Kier molecular flexibility index (Phi) is 3.22. The first-order valence-electron chi connectivity index (χ1n) is 4.48. The third-order valence-electron chi connectivity index (χ3n) is 1.97. The summed E-state index contributed by atoms with van der Waals surface area (Å²) < 4.78 is 6.35. The molecular weight excluding hydrogens is 288 g/mol.